The molecule has 0 aromatic heterocycles. The molecular weight excluding hydrogens is 178 g/mol. The number of carbonyl (C=O) groups is 1. The smallest absolute Gasteiger partial charge is 0.193 e. The molecule has 0 bridgehead atoms. The van der Waals surface area contributed by atoms with Gasteiger partial charge in [-0.2, -0.15) is 0 Å². The van der Waals surface area contributed by atoms with Gasteiger partial charge in [0.1, 0.15) is 0 Å². The number of ether oxygens (including phenoxy) is 1. The Hall–Kier alpha value is -1.45. The van der Waals surface area contributed by atoms with Crippen LogP contribution in [0, 0.1) is 5.82 Å². The molecule has 0 unspecified atom stereocenters. The lowest BCUT2D eigenvalue weighted by Gasteiger charge is -2.02. The number of ketones is 1. The number of alkyl halides is 1. The van der Waals surface area contributed by atoms with E-state index in [0.29, 0.717) is 0 Å². The summed E-state index contributed by atoms with van der Waals surface area (Å²) in [5, 5.41) is 0. The van der Waals surface area contributed by atoms with E-state index in [1.807, 2.05) is 0 Å². The van der Waals surface area contributed by atoms with Crippen molar-refractivity contribution >= 4 is 5.78 Å². The maximum absolute atomic E-state index is 12.8. The number of hydrogen-bond acceptors (Lipinski definition) is 2. The van der Waals surface area contributed by atoms with E-state index in [1.54, 1.807) is 0 Å². The predicted octanol–water partition coefficient (Wildman–Crippen LogP) is 1.99. The van der Waals surface area contributed by atoms with Crippen molar-refractivity contribution in [1.29, 1.82) is 0 Å². The fraction of sp³-hybridized carbons (Fsp3) is 0.222. The number of halogens is 2. The zero-order chi connectivity index (χ0) is 9.84. The first-order valence-electron chi connectivity index (χ1n) is 3.61. The highest BCUT2D eigenvalue weighted by Crippen LogP contribution is 2.18. The SMILES string of the molecule is COc1cc(C(=O)CF)ccc1F. The van der Waals surface area contributed by atoms with E-state index < -0.39 is 18.3 Å². The molecule has 4 heteroatoms. The lowest BCUT2D eigenvalue weighted by molar-refractivity contribution is 0.0958. The van der Waals surface area contributed by atoms with Crippen LogP contribution >= 0.6 is 0 Å². The molecule has 0 aliphatic heterocycles. The molecule has 0 spiro atoms. The average Bonchev–Trinajstić information content (AvgIpc) is 2.17. The highest BCUT2D eigenvalue weighted by Gasteiger charge is 2.09. The number of carbonyl (C=O) groups excluding carboxylic acids is 1. The van der Waals surface area contributed by atoms with Gasteiger partial charge in [-0.15, -0.1) is 0 Å². The first kappa shape index (κ1) is 9.64. The van der Waals surface area contributed by atoms with Crippen LogP contribution in [0.3, 0.4) is 0 Å². The summed E-state index contributed by atoms with van der Waals surface area (Å²) in [5.74, 6) is -1.31. The number of Topliss-reactive ketones (excluding diaryl/α,β-unsaturated/α-hetero) is 1. The van der Waals surface area contributed by atoms with Crippen LogP contribution in [-0.2, 0) is 0 Å². The molecule has 1 rings (SSSR count). The van der Waals surface area contributed by atoms with Crippen LogP contribution in [0.5, 0.6) is 5.75 Å². The van der Waals surface area contributed by atoms with Crippen molar-refractivity contribution in [3.8, 4) is 5.75 Å². The molecule has 0 N–H and O–H groups in total. The molecule has 0 fully saturated rings. The van der Waals surface area contributed by atoms with Crippen molar-refractivity contribution in [1.82, 2.24) is 0 Å². The summed E-state index contributed by atoms with van der Waals surface area (Å²) in [7, 11) is 1.28. The van der Waals surface area contributed by atoms with Crippen LogP contribution in [0.1, 0.15) is 10.4 Å². The normalized spacial score (nSPS) is 9.77. The molecule has 0 aliphatic rings. The summed E-state index contributed by atoms with van der Waals surface area (Å²) in [5.41, 5.74) is 0.112. The van der Waals surface area contributed by atoms with E-state index in [2.05, 4.69) is 4.74 Å². The van der Waals surface area contributed by atoms with Crippen molar-refractivity contribution in [2.75, 3.05) is 13.8 Å². The molecule has 1 aromatic carbocycles. The molecule has 0 saturated carbocycles. The van der Waals surface area contributed by atoms with Crippen molar-refractivity contribution in [3.05, 3.63) is 29.6 Å². The third kappa shape index (κ3) is 2.02. The molecule has 0 heterocycles. The molecule has 0 atom stereocenters. The summed E-state index contributed by atoms with van der Waals surface area (Å²) >= 11 is 0. The van der Waals surface area contributed by atoms with E-state index >= 15 is 0 Å². The van der Waals surface area contributed by atoms with Crippen molar-refractivity contribution < 1.29 is 18.3 Å². The maximum Gasteiger partial charge on any atom is 0.193 e. The number of rotatable bonds is 3. The van der Waals surface area contributed by atoms with E-state index in [1.165, 1.54) is 19.2 Å². The minimum atomic E-state index is -1.09. The quantitative estimate of drug-likeness (QED) is 0.675. The zero-order valence-electron chi connectivity index (χ0n) is 7.01. The van der Waals surface area contributed by atoms with E-state index in [9.17, 15) is 13.6 Å². The van der Waals surface area contributed by atoms with Gasteiger partial charge in [-0.05, 0) is 18.2 Å². The van der Waals surface area contributed by atoms with Gasteiger partial charge in [0.15, 0.2) is 24.0 Å². The molecule has 0 aliphatic carbocycles. The Balaban J connectivity index is 3.06. The van der Waals surface area contributed by atoms with Crippen LogP contribution in [0.15, 0.2) is 18.2 Å². The Labute approximate surface area is 74.1 Å². The molecular formula is C9H8F2O2. The van der Waals surface area contributed by atoms with Crippen LogP contribution in [-0.4, -0.2) is 19.6 Å². The van der Waals surface area contributed by atoms with E-state index in [0.717, 1.165) is 6.07 Å². The van der Waals surface area contributed by atoms with Gasteiger partial charge in [0.2, 0.25) is 0 Å². The zero-order valence-corrected chi connectivity index (χ0v) is 7.01. The molecule has 13 heavy (non-hydrogen) atoms. The van der Waals surface area contributed by atoms with Gasteiger partial charge in [-0.3, -0.25) is 4.79 Å². The summed E-state index contributed by atoms with van der Waals surface area (Å²) < 4.78 is 29.4. The highest BCUT2D eigenvalue weighted by atomic mass is 19.1. The minimum Gasteiger partial charge on any atom is -0.494 e. The molecule has 2 nitrogen and oxygen atoms in total. The number of benzene rings is 1. The van der Waals surface area contributed by atoms with Crippen molar-refractivity contribution in [3.63, 3.8) is 0 Å². The second kappa shape index (κ2) is 3.98. The van der Waals surface area contributed by atoms with E-state index in [-0.39, 0.29) is 11.3 Å². The lowest BCUT2D eigenvalue weighted by atomic mass is 10.1. The second-order valence-corrected chi connectivity index (χ2v) is 2.41. The van der Waals surface area contributed by atoms with Crippen molar-refractivity contribution in [2.45, 2.75) is 0 Å². The Bertz CT molecular complexity index is 323. The van der Waals surface area contributed by atoms with Gasteiger partial charge in [0, 0.05) is 5.56 Å². The summed E-state index contributed by atoms with van der Waals surface area (Å²) in [4.78, 5) is 10.8. The fourth-order valence-electron chi connectivity index (χ4n) is 0.910. The van der Waals surface area contributed by atoms with Gasteiger partial charge in [0.25, 0.3) is 0 Å². The summed E-state index contributed by atoms with van der Waals surface area (Å²) in [6, 6.07) is 3.47. The third-order valence-electron chi connectivity index (χ3n) is 1.59. The topological polar surface area (TPSA) is 26.3 Å². The van der Waals surface area contributed by atoms with Gasteiger partial charge < -0.3 is 4.74 Å². The molecule has 1 aromatic rings. The Morgan fingerprint density at radius 3 is 2.77 bits per heavy atom. The van der Waals surface area contributed by atoms with Crippen molar-refractivity contribution in [2.24, 2.45) is 0 Å². The monoisotopic (exact) mass is 186 g/mol. The molecule has 0 radical (unpaired) electrons. The molecule has 0 saturated heterocycles. The van der Waals surface area contributed by atoms with Crippen LogP contribution in [0.25, 0.3) is 0 Å². The van der Waals surface area contributed by atoms with Gasteiger partial charge >= 0.3 is 0 Å². The standard InChI is InChI=1S/C9H8F2O2/c1-13-9-4-6(8(12)5-10)2-3-7(9)11/h2-4H,5H2,1H3. The maximum atomic E-state index is 12.8. The van der Waals surface area contributed by atoms with Crippen LogP contribution < -0.4 is 4.74 Å². The van der Waals surface area contributed by atoms with Gasteiger partial charge in [-0.25, -0.2) is 8.78 Å². The summed E-state index contributed by atoms with van der Waals surface area (Å²) in [6.45, 7) is -1.09. The minimum absolute atomic E-state index is 0.0562. The highest BCUT2D eigenvalue weighted by molar-refractivity contribution is 5.97. The number of hydrogen-bond donors (Lipinski definition) is 0. The third-order valence-corrected chi connectivity index (χ3v) is 1.59. The average molecular weight is 186 g/mol. The second-order valence-electron chi connectivity index (χ2n) is 2.41. The first-order chi connectivity index (χ1) is 6.19. The Morgan fingerprint density at radius 1 is 1.54 bits per heavy atom. The van der Waals surface area contributed by atoms with Gasteiger partial charge in [-0.1, -0.05) is 0 Å². The predicted molar refractivity (Wildman–Crippen MR) is 43.3 cm³/mol. The Morgan fingerprint density at radius 2 is 2.23 bits per heavy atom. The molecule has 0 amide bonds. The van der Waals surface area contributed by atoms with Gasteiger partial charge in [0.05, 0.1) is 7.11 Å². The molecule has 70 valence electrons. The fourth-order valence-corrected chi connectivity index (χ4v) is 0.910. The Kier molecular flexibility index (Phi) is 2.95. The van der Waals surface area contributed by atoms with E-state index in [4.69, 9.17) is 0 Å². The first-order valence-corrected chi connectivity index (χ1v) is 3.61. The van der Waals surface area contributed by atoms with Crippen LogP contribution in [0.2, 0.25) is 0 Å². The van der Waals surface area contributed by atoms with Crippen LogP contribution in [0.4, 0.5) is 8.78 Å². The summed E-state index contributed by atoms with van der Waals surface area (Å²) in [6.07, 6.45) is 0. The number of methoxy groups -OCH3 is 1. The lowest BCUT2D eigenvalue weighted by Crippen LogP contribution is -2.01. The largest absolute Gasteiger partial charge is 0.494 e.